The average Bonchev–Trinajstić information content (AvgIpc) is 2.86. The summed E-state index contributed by atoms with van der Waals surface area (Å²) in [7, 11) is 0. The van der Waals surface area contributed by atoms with Crippen LogP contribution in [0.3, 0.4) is 0 Å². The number of morpholine rings is 1. The normalized spacial score (nSPS) is 14.3. The zero-order valence-corrected chi connectivity index (χ0v) is 10.5. The number of rotatable bonds is 1. The van der Waals surface area contributed by atoms with E-state index in [1.807, 2.05) is 0 Å². The number of hydrogen-bond donors (Lipinski definition) is 3. The number of nitrogens with two attached hydrogens (primary N) is 1. The number of carbonyl (C=O) groups is 2. The molecule has 0 unspecified atom stereocenters. The highest BCUT2D eigenvalue weighted by Gasteiger charge is 2.14. The van der Waals surface area contributed by atoms with E-state index >= 15 is 0 Å². The van der Waals surface area contributed by atoms with Crippen molar-refractivity contribution in [1.82, 2.24) is 15.5 Å². The van der Waals surface area contributed by atoms with E-state index in [4.69, 9.17) is 15.7 Å². The van der Waals surface area contributed by atoms with Crippen LogP contribution < -0.4 is 11.3 Å². The third-order valence-electron chi connectivity index (χ3n) is 2.40. The van der Waals surface area contributed by atoms with Crippen molar-refractivity contribution in [1.29, 1.82) is 0 Å². The van der Waals surface area contributed by atoms with Crippen LogP contribution in [0.25, 0.3) is 0 Å². The minimum Gasteiger partial charge on any atom is -0.478 e. The van der Waals surface area contributed by atoms with Gasteiger partial charge in [0.1, 0.15) is 11.3 Å². The van der Waals surface area contributed by atoms with Crippen LogP contribution in [0.5, 0.6) is 0 Å². The van der Waals surface area contributed by atoms with Crippen molar-refractivity contribution < 1.29 is 24.0 Å². The molecule has 0 aromatic carbocycles. The Morgan fingerprint density at radius 1 is 1.47 bits per heavy atom. The van der Waals surface area contributed by atoms with E-state index in [1.54, 1.807) is 11.8 Å². The number of carboxylic acid groups (broad SMARTS) is 1. The van der Waals surface area contributed by atoms with Gasteiger partial charge in [-0.3, -0.25) is 5.43 Å². The summed E-state index contributed by atoms with van der Waals surface area (Å²) in [6.45, 7) is 4.02. The van der Waals surface area contributed by atoms with Crippen LogP contribution in [-0.2, 0) is 4.74 Å². The van der Waals surface area contributed by atoms with Crippen molar-refractivity contribution in [2.45, 2.75) is 6.92 Å². The molecule has 0 saturated carbocycles. The highest BCUT2D eigenvalue weighted by molar-refractivity contribution is 5.88. The van der Waals surface area contributed by atoms with Gasteiger partial charge in [0.05, 0.1) is 19.4 Å². The summed E-state index contributed by atoms with van der Waals surface area (Å²) >= 11 is 0. The van der Waals surface area contributed by atoms with E-state index in [2.05, 4.69) is 15.1 Å². The molecule has 106 valence electrons. The summed E-state index contributed by atoms with van der Waals surface area (Å²) in [4.78, 5) is 22.6. The minimum absolute atomic E-state index is 0.120. The first-order chi connectivity index (χ1) is 9.06. The number of aromatic nitrogens is 1. The largest absolute Gasteiger partial charge is 0.478 e. The third kappa shape index (κ3) is 4.56. The summed E-state index contributed by atoms with van der Waals surface area (Å²) in [5, 5.41) is 11.6. The summed E-state index contributed by atoms with van der Waals surface area (Å²) in [6, 6.07) is -0.233. The maximum absolute atomic E-state index is 10.8. The van der Waals surface area contributed by atoms with Gasteiger partial charge in [-0.2, -0.15) is 0 Å². The van der Waals surface area contributed by atoms with E-state index in [-0.39, 0.29) is 11.6 Å². The number of nitrogens with one attached hydrogen (secondary N) is 1. The minimum atomic E-state index is -1.01. The van der Waals surface area contributed by atoms with Gasteiger partial charge in [0.2, 0.25) is 0 Å². The lowest BCUT2D eigenvalue weighted by Crippen LogP contribution is -2.48. The Labute approximate surface area is 109 Å². The van der Waals surface area contributed by atoms with Gasteiger partial charge in [-0.25, -0.2) is 15.4 Å². The van der Waals surface area contributed by atoms with Crippen LogP contribution in [0.1, 0.15) is 16.1 Å². The molecule has 0 spiro atoms. The molecule has 1 aliphatic rings. The fraction of sp³-hybridized carbons (Fsp3) is 0.500. The summed E-state index contributed by atoms with van der Waals surface area (Å²) in [6.07, 6.45) is 1.18. The van der Waals surface area contributed by atoms with Gasteiger partial charge in [-0.15, -0.1) is 0 Å². The average molecular weight is 272 g/mol. The SMILES string of the molecule is Cc1oncc1C(=O)O.NNC(=O)N1CCOCC1. The Balaban J connectivity index is 0.000000191. The molecule has 2 heterocycles. The number of aryl methyl sites for hydroxylation is 1. The lowest BCUT2D eigenvalue weighted by atomic mass is 10.3. The molecule has 2 rings (SSSR count). The van der Waals surface area contributed by atoms with Crippen molar-refractivity contribution in [2.75, 3.05) is 26.3 Å². The van der Waals surface area contributed by atoms with Crippen molar-refractivity contribution in [3.8, 4) is 0 Å². The predicted molar refractivity (Wildman–Crippen MR) is 63.3 cm³/mol. The molecule has 1 aromatic rings. The number of urea groups is 1. The number of hydrogen-bond acceptors (Lipinski definition) is 6. The molecule has 0 aliphatic carbocycles. The number of carboxylic acids is 1. The van der Waals surface area contributed by atoms with E-state index in [0.29, 0.717) is 32.1 Å². The van der Waals surface area contributed by atoms with Gasteiger partial charge < -0.3 is 19.3 Å². The maximum Gasteiger partial charge on any atom is 0.340 e. The van der Waals surface area contributed by atoms with Crippen molar-refractivity contribution in [2.24, 2.45) is 5.84 Å². The lowest BCUT2D eigenvalue weighted by molar-refractivity contribution is 0.0532. The summed E-state index contributed by atoms with van der Waals surface area (Å²) < 4.78 is 9.53. The molecule has 1 saturated heterocycles. The predicted octanol–water partition coefficient (Wildman–Crippen LogP) is -0.417. The third-order valence-corrected chi connectivity index (χ3v) is 2.40. The van der Waals surface area contributed by atoms with Crippen LogP contribution >= 0.6 is 0 Å². The monoisotopic (exact) mass is 272 g/mol. The Hall–Kier alpha value is -2.13. The molecule has 19 heavy (non-hydrogen) atoms. The van der Waals surface area contributed by atoms with E-state index in [1.165, 1.54) is 6.20 Å². The fourth-order valence-corrected chi connectivity index (χ4v) is 1.36. The van der Waals surface area contributed by atoms with E-state index in [0.717, 1.165) is 0 Å². The van der Waals surface area contributed by atoms with E-state index in [9.17, 15) is 9.59 Å². The second-order valence-electron chi connectivity index (χ2n) is 3.65. The zero-order valence-electron chi connectivity index (χ0n) is 10.5. The molecule has 0 bridgehead atoms. The summed E-state index contributed by atoms with van der Waals surface area (Å²) in [5.74, 6) is 4.25. The lowest BCUT2D eigenvalue weighted by Gasteiger charge is -2.25. The van der Waals surface area contributed by atoms with Crippen LogP contribution in [0.2, 0.25) is 0 Å². The highest BCUT2D eigenvalue weighted by atomic mass is 16.5. The van der Waals surface area contributed by atoms with Crippen molar-refractivity contribution >= 4 is 12.0 Å². The Kier molecular flexibility index (Phi) is 5.76. The van der Waals surface area contributed by atoms with Gasteiger partial charge in [0, 0.05) is 13.1 Å². The number of ether oxygens (including phenoxy) is 1. The van der Waals surface area contributed by atoms with Crippen molar-refractivity contribution in [3.63, 3.8) is 0 Å². The second-order valence-corrected chi connectivity index (χ2v) is 3.65. The number of nitrogens with zero attached hydrogens (tertiary/aromatic N) is 2. The molecule has 9 nitrogen and oxygen atoms in total. The molecular formula is C10H16N4O5. The molecule has 1 aromatic heterocycles. The first-order valence-corrected chi connectivity index (χ1v) is 5.54. The van der Waals surface area contributed by atoms with Crippen LogP contribution in [-0.4, -0.2) is 53.5 Å². The van der Waals surface area contributed by atoms with E-state index < -0.39 is 5.97 Å². The van der Waals surface area contributed by atoms with Gasteiger partial charge in [-0.1, -0.05) is 5.16 Å². The second kappa shape index (κ2) is 7.34. The highest BCUT2D eigenvalue weighted by Crippen LogP contribution is 2.04. The van der Waals surface area contributed by atoms with Gasteiger partial charge >= 0.3 is 12.0 Å². The number of hydrazine groups is 1. The molecule has 1 aliphatic heterocycles. The standard InChI is InChI=1S/C5H11N3O2.C5H5NO3/c6-7-5(9)8-1-3-10-4-2-8;1-3-4(5(7)8)2-6-9-3/h1-4,6H2,(H,7,9);2H,1H3,(H,7,8). The number of amides is 2. The van der Waals surface area contributed by atoms with Crippen molar-refractivity contribution in [3.05, 3.63) is 17.5 Å². The van der Waals surface area contributed by atoms with Gasteiger partial charge in [0.25, 0.3) is 0 Å². The van der Waals surface area contributed by atoms with Crippen LogP contribution in [0.4, 0.5) is 4.79 Å². The molecule has 2 amide bonds. The molecule has 4 N–H and O–H groups in total. The summed E-state index contributed by atoms with van der Waals surface area (Å²) in [5.41, 5.74) is 2.19. The molecule has 9 heteroatoms. The number of carbonyl (C=O) groups excluding carboxylic acids is 1. The molecule has 0 atom stereocenters. The maximum atomic E-state index is 10.8. The molecular weight excluding hydrogens is 256 g/mol. The quantitative estimate of drug-likeness (QED) is 0.359. The Morgan fingerprint density at radius 2 is 2.11 bits per heavy atom. The zero-order chi connectivity index (χ0) is 14.3. The Morgan fingerprint density at radius 3 is 2.47 bits per heavy atom. The van der Waals surface area contributed by atoms with Gasteiger partial charge in [0.15, 0.2) is 0 Å². The topological polar surface area (TPSA) is 131 Å². The smallest absolute Gasteiger partial charge is 0.340 e. The first-order valence-electron chi connectivity index (χ1n) is 5.54. The molecule has 0 radical (unpaired) electrons. The molecule has 1 fully saturated rings. The van der Waals surface area contributed by atoms with Crippen LogP contribution in [0.15, 0.2) is 10.7 Å². The number of aromatic carboxylic acids is 1. The Bertz CT molecular complexity index is 427. The van der Waals surface area contributed by atoms with Crippen LogP contribution in [0, 0.1) is 6.92 Å². The first kappa shape index (κ1) is 14.9. The van der Waals surface area contributed by atoms with Gasteiger partial charge in [-0.05, 0) is 6.92 Å². The fourth-order valence-electron chi connectivity index (χ4n) is 1.36.